The number of rotatable bonds is 8. The molecule has 0 spiro atoms. The Morgan fingerprint density at radius 3 is 2.48 bits per heavy atom. The first-order chi connectivity index (χ1) is 9.87. The second-order valence-corrected chi connectivity index (χ2v) is 4.87. The predicted molar refractivity (Wildman–Crippen MR) is 75.6 cm³/mol. The van der Waals surface area contributed by atoms with Gasteiger partial charge in [-0.05, 0) is 47.6 Å². The number of alkyl halides is 3. The number of halogens is 4. The van der Waals surface area contributed by atoms with Crippen molar-refractivity contribution in [2.75, 3.05) is 26.9 Å². The molecule has 0 aliphatic heterocycles. The van der Waals surface area contributed by atoms with Crippen LogP contribution in [0.2, 0.25) is 0 Å². The molecule has 0 radical (unpaired) electrons. The van der Waals surface area contributed by atoms with Crippen LogP contribution in [-0.4, -0.2) is 33.2 Å². The summed E-state index contributed by atoms with van der Waals surface area (Å²) in [6.07, 6.45) is -4.65. The fraction of sp³-hybridized carbons (Fsp3) is 0.538. The molecule has 1 aromatic carbocycles. The van der Waals surface area contributed by atoms with E-state index in [1.165, 1.54) is 0 Å². The van der Waals surface area contributed by atoms with Crippen molar-refractivity contribution in [3.05, 3.63) is 22.2 Å². The average molecular weight is 372 g/mol. The van der Waals surface area contributed by atoms with Gasteiger partial charge < -0.3 is 14.8 Å². The molecule has 21 heavy (non-hydrogen) atoms. The molecular formula is C13H17BrF3NO3. The first-order valence-electron chi connectivity index (χ1n) is 6.30. The minimum atomic E-state index is -4.65. The molecule has 4 nitrogen and oxygen atoms in total. The zero-order valence-electron chi connectivity index (χ0n) is 11.7. The molecule has 0 heterocycles. The standard InChI is InChI=1S/C13H17BrF3NO3/c1-3-19-11-7-9(8-18-2)6-10(14)12(11)20-4-5-21-13(15,16)17/h6-7,18H,3-5,8H2,1-2H3. The minimum absolute atomic E-state index is 0.233. The summed E-state index contributed by atoms with van der Waals surface area (Å²) in [5.74, 6) is 0.839. The van der Waals surface area contributed by atoms with Crippen molar-refractivity contribution in [3.8, 4) is 11.5 Å². The summed E-state index contributed by atoms with van der Waals surface area (Å²) in [6.45, 7) is 2.06. The van der Waals surface area contributed by atoms with Crippen LogP contribution in [0.15, 0.2) is 16.6 Å². The molecule has 0 saturated carbocycles. The van der Waals surface area contributed by atoms with Crippen LogP contribution in [0.5, 0.6) is 11.5 Å². The van der Waals surface area contributed by atoms with Gasteiger partial charge in [-0.25, -0.2) is 0 Å². The molecule has 1 N–H and O–H groups in total. The highest BCUT2D eigenvalue weighted by atomic mass is 79.9. The van der Waals surface area contributed by atoms with E-state index >= 15 is 0 Å². The van der Waals surface area contributed by atoms with E-state index in [2.05, 4.69) is 26.0 Å². The second-order valence-electron chi connectivity index (χ2n) is 4.01. The summed E-state index contributed by atoms with van der Waals surface area (Å²) >= 11 is 3.33. The Labute approximate surface area is 129 Å². The number of hydrogen-bond acceptors (Lipinski definition) is 4. The van der Waals surface area contributed by atoms with Crippen molar-refractivity contribution in [2.24, 2.45) is 0 Å². The van der Waals surface area contributed by atoms with Gasteiger partial charge in [0.2, 0.25) is 0 Å². The SMILES string of the molecule is CCOc1cc(CNC)cc(Br)c1OCCOC(F)(F)F. The maximum atomic E-state index is 11.9. The van der Waals surface area contributed by atoms with Crippen LogP contribution in [-0.2, 0) is 11.3 Å². The van der Waals surface area contributed by atoms with Gasteiger partial charge in [0.05, 0.1) is 17.7 Å². The largest absolute Gasteiger partial charge is 0.522 e. The first kappa shape index (κ1) is 18.1. The maximum Gasteiger partial charge on any atom is 0.522 e. The molecule has 1 rings (SSSR count). The molecule has 1 aromatic rings. The summed E-state index contributed by atoms with van der Waals surface area (Å²) in [4.78, 5) is 0. The Kier molecular flexibility index (Phi) is 7.27. The zero-order chi connectivity index (χ0) is 15.9. The van der Waals surface area contributed by atoms with Crippen LogP contribution in [0, 0.1) is 0 Å². The molecule has 0 fully saturated rings. The average Bonchev–Trinajstić information content (AvgIpc) is 2.36. The molecule has 8 heteroatoms. The monoisotopic (exact) mass is 371 g/mol. The van der Waals surface area contributed by atoms with Crippen LogP contribution in [0.4, 0.5) is 13.2 Å². The van der Waals surface area contributed by atoms with E-state index in [0.717, 1.165) is 5.56 Å². The summed E-state index contributed by atoms with van der Waals surface area (Å²) in [7, 11) is 1.81. The molecule has 120 valence electrons. The predicted octanol–water partition coefficient (Wildman–Crippen LogP) is 3.48. The fourth-order valence-corrected chi connectivity index (χ4v) is 2.24. The summed E-state index contributed by atoms with van der Waals surface area (Å²) in [6, 6.07) is 3.60. The number of benzene rings is 1. The normalized spacial score (nSPS) is 11.5. The topological polar surface area (TPSA) is 39.7 Å². The van der Waals surface area contributed by atoms with Crippen molar-refractivity contribution < 1.29 is 27.4 Å². The van der Waals surface area contributed by atoms with Crippen LogP contribution in [0.1, 0.15) is 12.5 Å². The molecule has 0 aliphatic rings. The molecule has 0 amide bonds. The third-order valence-corrected chi connectivity index (χ3v) is 2.93. The van der Waals surface area contributed by atoms with Crippen molar-refractivity contribution in [2.45, 2.75) is 19.8 Å². The highest BCUT2D eigenvalue weighted by molar-refractivity contribution is 9.10. The lowest BCUT2D eigenvalue weighted by atomic mass is 10.2. The van der Waals surface area contributed by atoms with Crippen molar-refractivity contribution in [3.63, 3.8) is 0 Å². The Bertz CT molecular complexity index is 455. The van der Waals surface area contributed by atoms with Crippen LogP contribution in [0.3, 0.4) is 0 Å². The quantitative estimate of drug-likeness (QED) is 0.710. The van der Waals surface area contributed by atoms with Gasteiger partial charge in [0, 0.05) is 6.54 Å². The molecule has 0 unspecified atom stereocenters. The highest BCUT2D eigenvalue weighted by Gasteiger charge is 2.28. The van der Waals surface area contributed by atoms with Crippen molar-refractivity contribution >= 4 is 15.9 Å². The minimum Gasteiger partial charge on any atom is -0.490 e. The highest BCUT2D eigenvalue weighted by Crippen LogP contribution is 2.37. The van der Waals surface area contributed by atoms with E-state index < -0.39 is 13.0 Å². The summed E-state index contributed by atoms with van der Waals surface area (Å²) in [5, 5.41) is 3.01. The van der Waals surface area contributed by atoms with Gasteiger partial charge in [0.1, 0.15) is 6.61 Å². The third kappa shape index (κ3) is 6.54. The van der Waals surface area contributed by atoms with E-state index in [1.54, 1.807) is 6.07 Å². The smallest absolute Gasteiger partial charge is 0.490 e. The van der Waals surface area contributed by atoms with Crippen LogP contribution < -0.4 is 14.8 Å². The first-order valence-corrected chi connectivity index (χ1v) is 7.10. The van der Waals surface area contributed by atoms with Gasteiger partial charge in [-0.3, -0.25) is 4.74 Å². The summed E-state index contributed by atoms with van der Waals surface area (Å²) in [5.41, 5.74) is 0.965. The molecule has 0 saturated heterocycles. The lowest BCUT2D eigenvalue weighted by Crippen LogP contribution is -2.18. The van der Waals surface area contributed by atoms with Gasteiger partial charge in [0.25, 0.3) is 0 Å². The summed E-state index contributed by atoms with van der Waals surface area (Å²) < 4.78 is 50.7. The molecule has 0 bridgehead atoms. The molecule has 0 atom stereocenters. The van der Waals surface area contributed by atoms with Crippen LogP contribution in [0.25, 0.3) is 0 Å². The van der Waals surface area contributed by atoms with E-state index in [4.69, 9.17) is 9.47 Å². The number of ether oxygens (including phenoxy) is 3. The number of hydrogen-bond donors (Lipinski definition) is 1. The van der Waals surface area contributed by atoms with Crippen LogP contribution >= 0.6 is 15.9 Å². The fourth-order valence-electron chi connectivity index (χ4n) is 1.63. The molecular weight excluding hydrogens is 355 g/mol. The van der Waals surface area contributed by atoms with E-state index in [0.29, 0.717) is 29.1 Å². The Morgan fingerprint density at radius 2 is 1.90 bits per heavy atom. The van der Waals surface area contributed by atoms with Crippen molar-refractivity contribution in [1.29, 1.82) is 0 Å². The van der Waals surface area contributed by atoms with Gasteiger partial charge in [-0.1, -0.05) is 0 Å². The van der Waals surface area contributed by atoms with E-state index in [9.17, 15) is 13.2 Å². The van der Waals surface area contributed by atoms with Crippen molar-refractivity contribution in [1.82, 2.24) is 5.32 Å². The zero-order valence-corrected chi connectivity index (χ0v) is 13.3. The van der Waals surface area contributed by atoms with Gasteiger partial charge in [0.15, 0.2) is 11.5 Å². The van der Waals surface area contributed by atoms with Gasteiger partial charge in [-0.2, -0.15) is 0 Å². The maximum absolute atomic E-state index is 11.9. The van der Waals surface area contributed by atoms with E-state index in [-0.39, 0.29) is 6.61 Å². The van der Waals surface area contributed by atoms with E-state index in [1.807, 2.05) is 20.0 Å². The van der Waals surface area contributed by atoms with Gasteiger partial charge >= 0.3 is 6.36 Å². The third-order valence-electron chi connectivity index (χ3n) is 2.35. The Balaban J connectivity index is 2.75. The Hall–Kier alpha value is -0.990. The molecule has 0 aliphatic carbocycles. The Morgan fingerprint density at radius 1 is 1.19 bits per heavy atom. The lowest BCUT2D eigenvalue weighted by Gasteiger charge is -2.16. The molecule has 0 aromatic heterocycles. The van der Waals surface area contributed by atoms with Gasteiger partial charge in [-0.15, -0.1) is 13.2 Å². The lowest BCUT2D eigenvalue weighted by molar-refractivity contribution is -0.325. The second kappa shape index (κ2) is 8.45. The number of nitrogens with one attached hydrogen (secondary N) is 1.